The minimum Gasteiger partial charge on any atom is -0.481 e. The number of aromatic nitrogens is 2. The highest BCUT2D eigenvalue weighted by Gasteiger charge is 2.40. The van der Waals surface area contributed by atoms with Crippen LogP contribution < -0.4 is 0 Å². The predicted octanol–water partition coefficient (Wildman–Crippen LogP) is 2.15. The summed E-state index contributed by atoms with van der Waals surface area (Å²) in [5.74, 6) is -2.99. The van der Waals surface area contributed by atoms with Gasteiger partial charge in [-0.15, -0.1) is 0 Å². The number of carboxylic acid groups (broad SMARTS) is 2. The predicted molar refractivity (Wildman–Crippen MR) is 103 cm³/mol. The Balaban J connectivity index is 1.88. The van der Waals surface area contributed by atoms with Crippen molar-refractivity contribution in [1.82, 2.24) is 14.9 Å². The minimum atomic E-state index is -1.32. The fourth-order valence-electron chi connectivity index (χ4n) is 2.59. The summed E-state index contributed by atoms with van der Waals surface area (Å²) in [6.07, 6.45) is 4.14. The zero-order chi connectivity index (χ0) is 19.6. The van der Waals surface area contributed by atoms with Crippen LogP contribution in [-0.4, -0.2) is 53.3 Å². The third-order valence-electron chi connectivity index (χ3n) is 3.84. The summed E-state index contributed by atoms with van der Waals surface area (Å²) in [5, 5.41) is 18.2. The second-order valence-electron chi connectivity index (χ2n) is 5.64. The molecule has 138 valence electrons. The lowest BCUT2D eigenvalue weighted by Gasteiger charge is -2.22. The summed E-state index contributed by atoms with van der Waals surface area (Å²) >= 11 is 6.14. The third-order valence-corrected chi connectivity index (χ3v) is 5.17. The van der Waals surface area contributed by atoms with Gasteiger partial charge in [0.2, 0.25) is 0 Å². The van der Waals surface area contributed by atoms with E-state index in [9.17, 15) is 19.5 Å². The van der Waals surface area contributed by atoms with Gasteiger partial charge in [0.05, 0.1) is 15.9 Å². The van der Waals surface area contributed by atoms with Crippen molar-refractivity contribution in [2.45, 2.75) is 18.9 Å². The van der Waals surface area contributed by atoms with E-state index < -0.39 is 23.9 Å². The molecule has 3 rings (SSSR count). The van der Waals surface area contributed by atoms with Crippen molar-refractivity contribution >= 4 is 63.3 Å². The van der Waals surface area contributed by atoms with Crippen LogP contribution in [0.4, 0.5) is 0 Å². The van der Waals surface area contributed by atoms with Crippen molar-refractivity contribution in [2.24, 2.45) is 0 Å². The molecule has 2 N–H and O–H groups in total. The number of fused-ring (bicyclic) bond motifs is 1. The lowest BCUT2D eigenvalue weighted by molar-refractivity contribution is -0.146. The van der Waals surface area contributed by atoms with Gasteiger partial charge in [0.1, 0.15) is 10.4 Å². The van der Waals surface area contributed by atoms with Gasteiger partial charge in [-0.2, -0.15) is 0 Å². The number of aliphatic carboxylic acids is 2. The van der Waals surface area contributed by atoms with Gasteiger partial charge in [0.15, 0.2) is 0 Å². The highest BCUT2D eigenvalue weighted by atomic mass is 32.2. The van der Waals surface area contributed by atoms with E-state index in [0.717, 1.165) is 16.7 Å². The quantitative estimate of drug-likeness (QED) is 0.552. The van der Waals surface area contributed by atoms with Gasteiger partial charge in [0.25, 0.3) is 5.91 Å². The maximum atomic E-state index is 12.7. The van der Waals surface area contributed by atoms with Crippen LogP contribution in [0.1, 0.15) is 18.4 Å². The Bertz CT molecular complexity index is 991. The van der Waals surface area contributed by atoms with E-state index in [1.54, 1.807) is 36.7 Å². The van der Waals surface area contributed by atoms with Crippen LogP contribution in [0.15, 0.2) is 35.5 Å². The van der Waals surface area contributed by atoms with Crippen LogP contribution >= 0.6 is 24.0 Å². The lowest BCUT2D eigenvalue weighted by atomic mass is 10.1. The summed E-state index contributed by atoms with van der Waals surface area (Å²) in [6, 6.07) is 3.97. The first-order chi connectivity index (χ1) is 12.9. The number of carboxylic acids is 2. The molecular formula is C17H13N3O5S2. The van der Waals surface area contributed by atoms with Gasteiger partial charge >= 0.3 is 11.9 Å². The molecule has 10 heteroatoms. The minimum absolute atomic E-state index is 0.0876. The first-order valence-electron chi connectivity index (χ1n) is 7.79. The summed E-state index contributed by atoms with van der Waals surface area (Å²) in [4.78, 5) is 44.6. The standard InChI is InChI=1S/C17H13N3O5S2/c21-14(22)4-3-12(16(24)25)20-15(23)13(27-17(20)26)8-9-1-2-10-11(7-9)19-6-5-18-10/h1-2,5-8,12H,3-4H2,(H,21,22)(H,24,25)/b13-8+/t12-/m1/s1. The van der Waals surface area contributed by atoms with Crippen molar-refractivity contribution in [3.8, 4) is 0 Å². The molecule has 1 fully saturated rings. The first-order valence-corrected chi connectivity index (χ1v) is 9.01. The topological polar surface area (TPSA) is 121 Å². The number of rotatable bonds is 6. The zero-order valence-electron chi connectivity index (χ0n) is 13.7. The highest BCUT2D eigenvalue weighted by Crippen LogP contribution is 2.35. The number of thiocarbonyl (C=S) groups is 1. The molecule has 1 amide bonds. The fraction of sp³-hybridized carbons (Fsp3) is 0.176. The molecule has 1 saturated heterocycles. The molecule has 1 atom stereocenters. The summed E-state index contributed by atoms with van der Waals surface area (Å²) in [5.41, 5.74) is 2.06. The Morgan fingerprint density at radius 2 is 1.93 bits per heavy atom. The Morgan fingerprint density at radius 3 is 2.59 bits per heavy atom. The van der Waals surface area contributed by atoms with E-state index >= 15 is 0 Å². The van der Waals surface area contributed by atoms with Crippen LogP contribution in [0, 0.1) is 0 Å². The Morgan fingerprint density at radius 1 is 1.22 bits per heavy atom. The van der Waals surface area contributed by atoms with Crippen molar-refractivity contribution in [3.63, 3.8) is 0 Å². The highest BCUT2D eigenvalue weighted by molar-refractivity contribution is 8.26. The maximum Gasteiger partial charge on any atom is 0.326 e. The molecule has 2 heterocycles. The van der Waals surface area contributed by atoms with Crippen molar-refractivity contribution in [1.29, 1.82) is 0 Å². The van der Waals surface area contributed by atoms with Gasteiger partial charge in [-0.05, 0) is 30.2 Å². The SMILES string of the molecule is O=C(O)CC[C@H](C(=O)O)N1C(=O)/C(=C\c2ccc3nccnc3c2)SC1=S. The summed E-state index contributed by atoms with van der Waals surface area (Å²) in [7, 11) is 0. The van der Waals surface area contributed by atoms with Gasteiger partial charge in [0, 0.05) is 18.8 Å². The zero-order valence-corrected chi connectivity index (χ0v) is 15.4. The van der Waals surface area contributed by atoms with Crippen molar-refractivity contribution in [3.05, 3.63) is 41.1 Å². The smallest absolute Gasteiger partial charge is 0.326 e. The van der Waals surface area contributed by atoms with Gasteiger partial charge in [-0.25, -0.2) is 4.79 Å². The molecule has 0 spiro atoms. The van der Waals surface area contributed by atoms with E-state index in [1.165, 1.54) is 0 Å². The Labute approximate surface area is 162 Å². The molecule has 1 aliphatic heterocycles. The molecule has 0 aliphatic carbocycles. The third kappa shape index (κ3) is 4.12. The number of nitrogens with zero attached hydrogens (tertiary/aromatic N) is 3. The molecule has 1 aromatic heterocycles. The number of amides is 1. The molecule has 0 saturated carbocycles. The molecule has 1 aromatic carbocycles. The van der Waals surface area contributed by atoms with Crippen LogP contribution in [0.25, 0.3) is 17.1 Å². The van der Waals surface area contributed by atoms with Crippen LogP contribution in [-0.2, 0) is 14.4 Å². The average molecular weight is 403 g/mol. The summed E-state index contributed by atoms with van der Waals surface area (Å²) < 4.78 is 0.0876. The van der Waals surface area contributed by atoms with Gasteiger partial charge in [-0.3, -0.25) is 24.5 Å². The van der Waals surface area contributed by atoms with E-state index in [0.29, 0.717) is 16.6 Å². The Hall–Kier alpha value is -2.85. The number of hydrogen-bond donors (Lipinski definition) is 2. The van der Waals surface area contributed by atoms with Crippen molar-refractivity contribution < 1.29 is 24.6 Å². The molecule has 27 heavy (non-hydrogen) atoms. The van der Waals surface area contributed by atoms with E-state index in [-0.39, 0.29) is 22.1 Å². The first kappa shape index (κ1) is 18.9. The van der Waals surface area contributed by atoms with Gasteiger partial charge in [-0.1, -0.05) is 30.0 Å². The lowest BCUT2D eigenvalue weighted by Crippen LogP contribution is -2.44. The monoisotopic (exact) mass is 403 g/mol. The largest absolute Gasteiger partial charge is 0.481 e. The van der Waals surface area contributed by atoms with E-state index in [2.05, 4.69) is 9.97 Å². The van der Waals surface area contributed by atoms with E-state index in [4.69, 9.17) is 17.3 Å². The van der Waals surface area contributed by atoms with Crippen LogP contribution in [0.2, 0.25) is 0 Å². The molecule has 0 radical (unpaired) electrons. The number of thioether (sulfide) groups is 1. The second-order valence-corrected chi connectivity index (χ2v) is 7.32. The number of benzene rings is 1. The number of carbonyl (C=O) groups excluding carboxylic acids is 1. The van der Waals surface area contributed by atoms with E-state index in [1.807, 2.05) is 0 Å². The van der Waals surface area contributed by atoms with Crippen LogP contribution in [0.3, 0.4) is 0 Å². The number of hydrogen-bond acceptors (Lipinski definition) is 7. The molecule has 0 bridgehead atoms. The fourth-order valence-corrected chi connectivity index (χ4v) is 3.95. The molecule has 8 nitrogen and oxygen atoms in total. The average Bonchev–Trinajstić information content (AvgIpc) is 2.89. The second kappa shape index (κ2) is 7.80. The number of carbonyl (C=O) groups is 3. The molecule has 1 aliphatic rings. The normalized spacial score (nSPS) is 16.9. The summed E-state index contributed by atoms with van der Waals surface area (Å²) in [6.45, 7) is 0. The van der Waals surface area contributed by atoms with Crippen LogP contribution in [0.5, 0.6) is 0 Å². The van der Waals surface area contributed by atoms with Gasteiger partial charge < -0.3 is 10.2 Å². The molecule has 2 aromatic rings. The van der Waals surface area contributed by atoms with Crippen molar-refractivity contribution in [2.75, 3.05) is 0 Å². The molecule has 0 unspecified atom stereocenters. The molecular weight excluding hydrogens is 390 g/mol. The maximum absolute atomic E-state index is 12.7. The Kier molecular flexibility index (Phi) is 5.47.